The van der Waals surface area contributed by atoms with Gasteiger partial charge in [0.25, 0.3) is 5.91 Å². The molecule has 2 heterocycles. The minimum atomic E-state index is -0.549. The molecule has 4 aromatic rings. The predicted octanol–water partition coefficient (Wildman–Crippen LogP) is 5.27. The van der Waals surface area contributed by atoms with Gasteiger partial charge in [0.1, 0.15) is 17.4 Å². The third-order valence-electron chi connectivity index (χ3n) is 4.94. The number of furan rings is 1. The van der Waals surface area contributed by atoms with E-state index < -0.39 is 11.9 Å². The number of benzene rings is 2. The van der Waals surface area contributed by atoms with E-state index in [-0.39, 0.29) is 11.3 Å². The van der Waals surface area contributed by atoms with E-state index in [4.69, 9.17) is 16.0 Å². The van der Waals surface area contributed by atoms with Crippen molar-refractivity contribution in [1.29, 1.82) is 5.26 Å². The summed E-state index contributed by atoms with van der Waals surface area (Å²) in [7, 11) is 1.29. The number of aromatic nitrogens is 1. The zero-order valence-electron chi connectivity index (χ0n) is 17.5. The van der Waals surface area contributed by atoms with Crippen LogP contribution in [0.4, 0.5) is 5.69 Å². The number of para-hydroxylation sites is 1. The highest BCUT2D eigenvalue weighted by Crippen LogP contribution is 2.25. The first-order chi connectivity index (χ1) is 16.0. The molecular weight excluding hydrogens is 442 g/mol. The van der Waals surface area contributed by atoms with E-state index in [1.54, 1.807) is 42.5 Å². The normalized spacial score (nSPS) is 11.2. The lowest BCUT2D eigenvalue weighted by Gasteiger charge is -2.04. The van der Waals surface area contributed by atoms with Crippen LogP contribution in [0.25, 0.3) is 17.0 Å². The molecule has 4 rings (SSSR count). The molecule has 0 radical (unpaired) electrons. The zero-order chi connectivity index (χ0) is 23.4. The van der Waals surface area contributed by atoms with Gasteiger partial charge in [-0.2, -0.15) is 5.26 Å². The van der Waals surface area contributed by atoms with Gasteiger partial charge in [-0.15, -0.1) is 0 Å². The lowest BCUT2D eigenvalue weighted by Crippen LogP contribution is -2.13. The van der Waals surface area contributed by atoms with Gasteiger partial charge in [-0.3, -0.25) is 4.79 Å². The second-order valence-electron chi connectivity index (χ2n) is 7.12. The smallest absolute Gasteiger partial charge is 0.373 e. The van der Waals surface area contributed by atoms with Crippen LogP contribution < -0.4 is 5.32 Å². The molecule has 0 fully saturated rings. The lowest BCUT2D eigenvalue weighted by atomic mass is 10.1. The second-order valence-corrected chi connectivity index (χ2v) is 7.56. The summed E-state index contributed by atoms with van der Waals surface area (Å²) in [6.45, 7) is 0.349. The van der Waals surface area contributed by atoms with Crippen LogP contribution in [0.2, 0.25) is 5.02 Å². The van der Waals surface area contributed by atoms with Crippen molar-refractivity contribution in [2.45, 2.75) is 6.54 Å². The molecule has 164 valence electrons. The molecule has 0 saturated carbocycles. The van der Waals surface area contributed by atoms with Crippen molar-refractivity contribution in [1.82, 2.24) is 4.57 Å². The number of esters is 1. The van der Waals surface area contributed by atoms with Crippen molar-refractivity contribution < 1.29 is 18.7 Å². The molecule has 2 aromatic heterocycles. The van der Waals surface area contributed by atoms with Crippen LogP contribution in [0.15, 0.2) is 76.9 Å². The van der Waals surface area contributed by atoms with Crippen LogP contribution >= 0.6 is 11.6 Å². The number of amides is 1. The summed E-state index contributed by atoms with van der Waals surface area (Å²) in [5, 5.41) is 13.6. The number of anilines is 1. The molecule has 1 N–H and O–H groups in total. The molecule has 0 bridgehead atoms. The first-order valence-corrected chi connectivity index (χ1v) is 10.3. The van der Waals surface area contributed by atoms with Crippen LogP contribution in [0.3, 0.4) is 0 Å². The third kappa shape index (κ3) is 4.81. The van der Waals surface area contributed by atoms with E-state index in [0.29, 0.717) is 28.6 Å². The Kier molecular flexibility index (Phi) is 6.29. The molecule has 0 aliphatic heterocycles. The highest BCUT2D eigenvalue weighted by molar-refractivity contribution is 6.31. The zero-order valence-corrected chi connectivity index (χ0v) is 18.3. The Morgan fingerprint density at radius 3 is 2.76 bits per heavy atom. The van der Waals surface area contributed by atoms with E-state index in [2.05, 4.69) is 10.1 Å². The second kappa shape index (κ2) is 9.47. The quantitative estimate of drug-likeness (QED) is 0.241. The maximum Gasteiger partial charge on any atom is 0.373 e. The van der Waals surface area contributed by atoms with Gasteiger partial charge in [-0.05, 0) is 42.5 Å². The van der Waals surface area contributed by atoms with Gasteiger partial charge < -0.3 is 19.0 Å². The van der Waals surface area contributed by atoms with Gasteiger partial charge in [0.15, 0.2) is 0 Å². The number of nitrogens with one attached hydrogen (secondary N) is 1. The Morgan fingerprint density at radius 2 is 2.00 bits per heavy atom. The summed E-state index contributed by atoms with van der Waals surface area (Å²) in [5.74, 6) is -0.406. The molecule has 1 amide bonds. The van der Waals surface area contributed by atoms with Crippen molar-refractivity contribution in [2.24, 2.45) is 0 Å². The molecule has 0 spiro atoms. The van der Waals surface area contributed by atoms with Crippen molar-refractivity contribution >= 4 is 46.1 Å². The maximum absolute atomic E-state index is 12.7. The van der Waals surface area contributed by atoms with E-state index >= 15 is 0 Å². The highest BCUT2D eigenvalue weighted by Gasteiger charge is 2.15. The number of hydrogen-bond acceptors (Lipinski definition) is 5. The molecule has 0 aliphatic carbocycles. The summed E-state index contributed by atoms with van der Waals surface area (Å²) in [6.07, 6.45) is 3.37. The van der Waals surface area contributed by atoms with Gasteiger partial charge in [-0.1, -0.05) is 35.9 Å². The van der Waals surface area contributed by atoms with Gasteiger partial charge in [0, 0.05) is 33.4 Å². The Labute approximate surface area is 194 Å². The van der Waals surface area contributed by atoms with Gasteiger partial charge in [0.2, 0.25) is 5.76 Å². The van der Waals surface area contributed by atoms with E-state index in [1.165, 1.54) is 7.11 Å². The lowest BCUT2D eigenvalue weighted by molar-refractivity contribution is -0.112. The number of nitriles is 1. The average molecular weight is 460 g/mol. The first-order valence-electron chi connectivity index (χ1n) is 9.92. The van der Waals surface area contributed by atoms with Crippen LogP contribution in [-0.2, 0) is 16.1 Å². The van der Waals surface area contributed by atoms with E-state index in [1.807, 2.05) is 41.1 Å². The summed E-state index contributed by atoms with van der Waals surface area (Å²) < 4.78 is 12.2. The summed E-state index contributed by atoms with van der Waals surface area (Å²) >= 11 is 5.97. The number of rotatable bonds is 6. The monoisotopic (exact) mass is 459 g/mol. The summed E-state index contributed by atoms with van der Waals surface area (Å²) in [4.78, 5) is 24.3. The number of methoxy groups -OCH3 is 1. The molecule has 0 unspecified atom stereocenters. The summed E-state index contributed by atoms with van der Waals surface area (Å²) in [6, 6.07) is 19.5. The van der Waals surface area contributed by atoms with E-state index in [0.717, 1.165) is 10.9 Å². The number of ether oxygens (including phenoxy) is 1. The molecule has 0 aliphatic rings. The number of carbonyl (C=O) groups is 2. The van der Waals surface area contributed by atoms with Gasteiger partial charge in [0.05, 0.1) is 13.7 Å². The molecule has 33 heavy (non-hydrogen) atoms. The number of nitrogens with zero attached hydrogens (tertiary/aromatic N) is 2. The molecular formula is C25H18ClN3O4. The summed E-state index contributed by atoms with van der Waals surface area (Å²) in [5.41, 5.74) is 2.02. The molecule has 7 nitrogen and oxygen atoms in total. The average Bonchev–Trinajstić information content (AvgIpc) is 3.42. The molecule has 2 aromatic carbocycles. The highest BCUT2D eigenvalue weighted by atomic mass is 35.5. The fourth-order valence-electron chi connectivity index (χ4n) is 3.43. The third-order valence-corrected chi connectivity index (χ3v) is 5.18. The predicted molar refractivity (Wildman–Crippen MR) is 125 cm³/mol. The van der Waals surface area contributed by atoms with Crippen molar-refractivity contribution in [3.63, 3.8) is 0 Å². The van der Waals surface area contributed by atoms with Gasteiger partial charge >= 0.3 is 5.97 Å². The Hall–Kier alpha value is -4.28. The van der Waals surface area contributed by atoms with Crippen molar-refractivity contribution in [3.05, 3.63) is 94.5 Å². The Balaban J connectivity index is 1.65. The van der Waals surface area contributed by atoms with Crippen molar-refractivity contribution in [2.75, 3.05) is 12.4 Å². The molecule has 8 heteroatoms. The Morgan fingerprint density at radius 1 is 1.18 bits per heavy atom. The fraction of sp³-hybridized carbons (Fsp3) is 0.0800. The van der Waals surface area contributed by atoms with Crippen molar-refractivity contribution in [3.8, 4) is 6.07 Å². The SMILES string of the molecule is COC(=O)c1ccc(Cn2cc(/C=C(/C#N)C(=O)Nc3cccc(Cl)c3)c3ccccc32)o1. The Bertz CT molecular complexity index is 1420. The minimum absolute atomic E-state index is 0.0520. The molecule has 0 saturated heterocycles. The topological polar surface area (TPSA) is 97.3 Å². The number of hydrogen-bond donors (Lipinski definition) is 1. The van der Waals surface area contributed by atoms with Crippen LogP contribution in [-0.4, -0.2) is 23.6 Å². The molecule has 0 atom stereocenters. The maximum atomic E-state index is 12.7. The standard InChI is InChI=1S/C25H18ClN3O4/c1-32-25(31)23-10-9-20(33-23)15-29-14-17(21-7-2-3-8-22(21)29)11-16(13-27)24(30)28-19-6-4-5-18(26)12-19/h2-12,14H,15H2,1H3,(H,28,30)/b16-11-. The number of halogens is 1. The van der Waals surface area contributed by atoms with Gasteiger partial charge in [-0.25, -0.2) is 4.79 Å². The van der Waals surface area contributed by atoms with Crippen LogP contribution in [0.1, 0.15) is 21.9 Å². The fourth-order valence-corrected chi connectivity index (χ4v) is 3.62. The van der Waals surface area contributed by atoms with Crippen LogP contribution in [0.5, 0.6) is 0 Å². The van der Waals surface area contributed by atoms with E-state index in [9.17, 15) is 14.9 Å². The van der Waals surface area contributed by atoms with Crippen LogP contribution in [0, 0.1) is 11.3 Å². The largest absolute Gasteiger partial charge is 0.463 e. The number of carbonyl (C=O) groups excluding carboxylic acids is 2. The first kappa shape index (κ1) is 21.9. The minimum Gasteiger partial charge on any atom is -0.463 e. The number of fused-ring (bicyclic) bond motifs is 1.